The number of hydrogen-bond acceptors (Lipinski definition) is 5. The second kappa shape index (κ2) is 9.03. The largest absolute Gasteiger partial charge is 0.459 e. The Bertz CT molecular complexity index is 1060. The van der Waals surface area contributed by atoms with Crippen molar-refractivity contribution in [2.75, 3.05) is 5.75 Å². The van der Waals surface area contributed by atoms with E-state index in [0.717, 1.165) is 16.7 Å². The zero-order valence-electron chi connectivity index (χ0n) is 16.0. The molecule has 0 bridgehead atoms. The van der Waals surface area contributed by atoms with Gasteiger partial charge in [0, 0.05) is 0 Å². The molecule has 0 heterocycles. The molecule has 0 aliphatic heterocycles. The Morgan fingerprint density at radius 3 is 2.00 bits per heavy atom. The van der Waals surface area contributed by atoms with Gasteiger partial charge in [-0.25, -0.2) is 13.2 Å². The van der Waals surface area contributed by atoms with Crippen molar-refractivity contribution in [1.29, 1.82) is 0 Å². The third-order valence-corrected chi connectivity index (χ3v) is 6.35. The predicted molar refractivity (Wildman–Crippen MR) is 111 cm³/mol. The topological polar surface area (TPSA) is 80.7 Å². The highest BCUT2D eigenvalue weighted by atomic mass is 32.2. The highest BCUT2D eigenvalue weighted by molar-refractivity contribution is 7.91. The van der Waals surface area contributed by atoms with Gasteiger partial charge in [-0.15, -0.1) is 0 Å². The molecule has 0 spiro atoms. The zero-order chi connectivity index (χ0) is 20.9. The summed E-state index contributed by atoms with van der Waals surface area (Å²) in [6.07, 6.45) is -1.37. The molecule has 29 heavy (non-hydrogen) atoms. The number of ether oxygens (including phenoxy) is 1. The number of carbonyl (C=O) groups excluding carboxylic acids is 1. The molecule has 3 aromatic carbocycles. The number of aliphatic hydroxyl groups excluding tert-OH is 1. The number of hydrogen-bond donors (Lipinski definition) is 1. The number of aliphatic hydroxyl groups is 1. The van der Waals surface area contributed by atoms with Crippen molar-refractivity contribution >= 4 is 15.8 Å². The normalized spacial score (nSPS) is 12.3. The van der Waals surface area contributed by atoms with Crippen molar-refractivity contribution in [3.05, 3.63) is 90.0 Å². The smallest absolute Gasteiger partial charge is 0.339 e. The molecular weight excluding hydrogens is 388 g/mol. The van der Waals surface area contributed by atoms with Crippen molar-refractivity contribution in [2.24, 2.45) is 0 Å². The van der Waals surface area contributed by atoms with E-state index in [-0.39, 0.29) is 17.3 Å². The van der Waals surface area contributed by atoms with E-state index in [1.54, 1.807) is 55.5 Å². The average Bonchev–Trinajstić information content (AvgIpc) is 2.78. The molecule has 0 amide bonds. The van der Waals surface area contributed by atoms with E-state index in [0.29, 0.717) is 5.56 Å². The molecule has 0 aliphatic rings. The van der Waals surface area contributed by atoms with Gasteiger partial charge in [-0.05, 0) is 34.4 Å². The molecule has 0 radical (unpaired) electrons. The molecule has 1 atom stereocenters. The minimum atomic E-state index is -3.23. The van der Waals surface area contributed by atoms with Crippen LogP contribution in [0.15, 0.2) is 83.8 Å². The van der Waals surface area contributed by atoms with Gasteiger partial charge in [-0.3, -0.25) is 0 Å². The van der Waals surface area contributed by atoms with Gasteiger partial charge in [-0.1, -0.05) is 73.7 Å². The number of rotatable bonds is 7. The van der Waals surface area contributed by atoms with Gasteiger partial charge in [0.25, 0.3) is 0 Å². The fraction of sp³-hybridized carbons (Fsp3) is 0.174. The maximum Gasteiger partial charge on any atom is 0.339 e. The lowest BCUT2D eigenvalue weighted by Gasteiger charge is -2.12. The summed E-state index contributed by atoms with van der Waals surface area (Å²) in [6, 6.07) is 22.7. The minimum Gasteiger partial charge on any atom is -0.459 e. The third kappa shape index (κ3) is 5.10. The molecule has 0 aromatic heterocycles. The van der Waals surface area contributed by atoms with Crippen molar-refractivity contribution < 1.29 is 23.1 Å². The van der Waals surface area contributed by atoms with Crippen LogP contribution in [0.1, 0.15) is 24.2 Å². The molecule has 1 N–H and O–H groups in total. The van der Waals surface area contributed by atoms with E-state index in [1.165, 1.54) is 0 Å². The van der Waals surface area contributed by atoms with Gasteiger partial charge < -0.3 is 9.84 Å². The second-order valence-electron chi connectivity index (χ2n) is 6.55. The highest BCUT2D eigenvalue weighted by Gasteiger charge is 2.19. The summed E-state index contributed by atoms with van der Waals surface area (Å²) in [5.41, 5.74) is 2.96. The molecule has 6 heteroatoms. The molecule has 0 saturated carbocycles. The van der Waals surface area contributed by atoms with E-state index in [2.05, 4.69) is 0 Å². The molecule has 3 aromatic rings. The highest BCUT2D eigenvalue weighted by Crippen LogP contribution is 2.24. The summed E-state index contributed by atoms with van der Waals surface area (Å²) in [6.45, 7) is 1.71. The summed E-state index contributed by atoms with van der Waals surface area (Å²) >= 11 is 0. The molecule has 1 unspecified atom stereocenters. The van der Waals surface area contributed by atoms with E-state index >= 15 is 0 Å². The van der Waals surface area contributed by atoms with Gasteiger partial charge in [-0.2, -0.15) is 0 Å². The van der Waals surface area contributed by atoms with E-state index in [4.69, 9.17) is 4.74 Å². The van der Waals surface area contributed by atoms with Crippen LogP contribution in [0.3, 0.4) is 0 Å². The van der Waals surface area contributed by atoms with Crippen LogP contribution in [-0.2, 0) is 26.0 Å². The molecule has 150 valence electrons. The maximum atomic E-state index is 12.1. The van der Waals surface area contributed by atoms with Gasteiger partial charge >= 0.3 is 5.97 Å². The van der Waals surface area contributed by atoms with Crippen LogP contribution < -0.4 is 0 Å². The first-order valence-corrected chi connectivity index (χ1v) is 10.9. The Balaban J connectivity index is 1.67. The third-order valence-electron chi connectivity index (χ3n) is 4.60. The quantitative estimate of drug-likeness (QED) is 0.597. The standard InChI is InChI=1S/C23H22O5S/c1-2-29(26,27)21-14-12-19(13-15-21)18-8-10-20(11-9-18)22(24)23(25)28-16-17-6-4-3-5-7-17/h3-15,22,24H,2,16H2,1H3. The fourth-order valence-electron chi connectivity index (χ4n) is 2.82. The molecule has 0 fully saturated rings. The van der Waals surface area contributed by atoms with Crippen molar-refractivity contribution in [3.63, 3.8) is 0 Å². The monoisotopic (exact) mass is 410 g/mol. The first-order valence-electron chi connectivity index (χ1n) is 9.22. The summed E-state index contributed by atoms with van der Waals surface area (Å²) < 4.78 is 29.0. The predicted octanol–water partition coefficient (Wildman–Crippen LogP) is 3.92. The first kappa shape index (κ1) is 20.8. The lowest BCUT2D eigenvalue weighted by Crippen LogP contribution is -2.15. The van der Waals surface area contributed by atoms with E-state index in [1.807, 2.05) is 30.3 Å². The van der Waals surface area contributed by atoms with Crippen molar-refractivity contribution in [3.8, 4) is 11.1 Å². The Hall–Kier alpha value is -2.96. The SMILES string of the molecule is CCS(=O)(=O)c1ccc(-c2ccc(C(O)C(=O)OCc3ccccc3)cc2)cc1. The summed E-state index contributed by atoms with van der Waals surface area (Å²) in [5.74, 6) is -0.657. The lowest BCUT2D eigenvalue weighted by atomic mass is 10.0. The van der Waals surface area contributed by atoms with Gasteiger partial charge in [0.1, 0.15) is 6.61 Å². The van der Waals surface area contributed by atoms with Crippen LogP contribution in [0.5, 0.6) is 0 Å². The summed E-state index contributed by atoms with van der Waals surface area (Å²) in [7, 11) is -3.23. The summed E-state index contributed by atoms with van der Waals surface area (Å²) in [5, 5.41) is 10.2. The van der Waals surface area contributed by atoms with Crippen LogP contribution in [0.25, 0.3) is 11.1 Å². The van der Waals surface area contributed by atoms with Crippen LogP contribution in [0, 0.1) is 0 Å². The molecule has 3 rings (SSSR count). The van der Waals surface area contributed by atoms with Crippen LogP contribution >= 0.6 is 0 Å². The van der Waals surface area contributed by atoms with Crippen molar-refractivity contribution in [1.82, 2.24) is 0 Å². The van der Waals surface area contributed by atoms with E-state index < -0.39 is 21.9 Å². The van der Waals surface area contributed by atoms with Gasteiger partial charge in [0.2, 0.25) is 0 Å². The maximum absolute atomic E-state index is 12.1. The number of benzene rings is 3. The lowest BCUT2D eigenvalue weighted by molar-refractivity contribution is -0.155. The van der Waals surface area contributed by atoms with Crippen molar-refractivity contribution in [2.45, 2.75) is 24.5 Å². The Morgan fingerprint density at radius 1 is 0.897 bits per heavy atom. The Kier molecular flexibility index (Phi) is 6.46. The number of carbonyl (C=O) groups is 1. The Labute approximate surface area is 170 Å². The Morgan fingerprint density at radius 2 is 1.45 bits per heavy atom. The molecule has 5 nitrogen and oxygen atoms in total. The van der Waals surface area contributed by atoms with Crippen LogP contribution in [-0.4, -0.2) is 25.2 Å². The van der Waals surface area contributed by atoms with Crippen LogP contribution in [0.4, 0.5) is 0 Å². The van der Waals surface area contributed by atoms with Gasteiger partial charge in [0.05, 0.1) is 10.6 Å². The number of esters is 1. The first-order chi connectivity index (χ1) is 13.9. The second-order valence-corrected chi connectivity index (χ2v) is 8.82. The summed E-state index contributed by atoms with van der Waals surface area (Å²) in [4.78, 5) is 12.4. The van der Waals surface area contributed by atoms with Gasteiger partial charge in [0.15, 0.2) is 15.9 Å². The number of sulfone groups is 1. The van der Waals surface area contributed by atoms with Crippen LogP contribution in [0.2, 0.25) is 0 Å². The molecule has 0 aliphatic carbocycles. The minimum absolute atomic E-state index is 0.0549. The van der Waals surface area contributed by atoms with E-state index in [9.17, 15) is 18.3 Å². The average molecular weight is 410 g/mol. The zero-order valence-corrected chi connectivity index (χ0v) is 16.8. The molecule has 0 saturated heterocycles. The molecular formula is C23H22O5S. The fourth-order valence-corrected chi connectivity index (χ4v) is 3.71.